The van der Waals surface area contributed by atoms with Crippen LogP contribution >= 0.6 is 38.5 Å². The number of aromatic nitrogens is 1. The van der Waals surface area contributed by atoms with Gasteiger partial charge in [-0.05, 0) is 38.5 Å². The average molecular weight is 350 g/mol. The third kappa shape index (κ3) is 1.85. The molecule has 0 aliphatic rings. The van der Waals surface area contributed by atoms with Crippen molar-refractivity contribution in [1.29, 1.82) is 0 Å². The van der Waals surface area contributed by atoms with Crippen LogP contribution in [0.1, 0.15) is 12.0 Å². The van der Waals surface area contributed by atoms with Crippen molar-refractivity contribution in [3.8, 4) is 0 Å². The van der Waals surface area contributed by atoms with Gasteiger partial charge in [-0.3, -0.25) is 4.79 Å². The highest BCUT2D eigenvalue weighted by Crippen LogP contribution is 2.20. The Kier molecular flexibility index (Phi) is 3.22. The lowest BCUT2D eigenvalue weighted by molar-refractivity contribution is 0.148. The third-order valence-electron chi connectivity index (χ3n) is 1.24. The summed E-state index contributed by atoms with van der Waals surface area (Å²) in [5.41, 5.74) is -1.14. The summed E-state index contributed by atoms with van der Waals surface area (Å²) in [5.74, 6) is 0. The van der Waals surface area contributed by atoms with E-state index in [2.05, 4.69) is 20.9 Å². The number of H-pyrrole nitrogens is 1. The Balaban J connectivity index is 3.44. The zero-order chi connectivity index (χ0) is 9.30. The maximum Gasteiger partial charge on any atom is 0.270 e. The highest BCUT2D eigenvalue weighted by Gasteiger charge is 2.17. The second kappa shape index (κ2) is 3.82. The molecule has 0 aliphatic carbocycles. The highest BCUT2D eigenvalue weighted by molar-refractivity contribution is 14.1. The summed E-state index contributed by atoms with van der Waals surface area (Å²) < 4.78 is 24.7. The van der Waals surface area contributed by atoms with Gasteiger partial charge in [0, 0.05) is 6.20 Å². The minimum absolute atomic E-state index is 0.123. The van der Waals surface area contributed by atoms with E-state index in [9.17, 15) is 13.6 Å². The van der Waals surface area contributed by atoms with Crippen LogP contribution in [0.2, 0.25) is 0 Å². The Bertz CT molecular complexity index is 352. The summed E-state index contributed by atoms with van der Waals surface area (Å²) in [7, 11) is 0. The first-order chi connectivity index (χ1) is 5.54. The molecule has 1 heterocycles. The molecule has 2 nitrogen and oxygen atoms in total. The topological polar surface area (TPSA) is 32.9 Å². The van der Waals surface area contributed by atoms with Crippen LogP contribution in [0.4, 0.5) is 8.78 Å². The lowest BCUT2D eigenvalue weighted by Crippen LogP contribution is -2.13. The number of halogens is 4. The predicted octanol–water partition coefficient (Wildman–Crippen LogP) is 2.68. The van der Waals surface area contributed by atoms with Crippen LogP contribution in [0, 0.1) is 3.70 Å². The van der Waals surface area contributed by atoms with E-state index < -0.39 is 17.4 Å². The van der Waals surface area contributed by atoms with Crippen LogP contribution in [0.3, 0.4) is 0 Å². The Hall–Kier alpha value is 0.0200. The summed E-state index contributed by atoms with van der Waals surface area (Å²) in [6.07, 6.45) is -1.39. The smallest absolute Gasteiger partial charge is 0.270 e. The van der Waals surface area contributed by atoms with E-state index >= 15 is 0 Å². The SMILES string of the molecule is O=c1c(Br)c[nH]c(I)c1C(F)F. The average Bonchev–Trinajstić information content (AvgIpc) is 1.97. The largest absolute Gasteiger partial charge is 0.355 e. The van der Waals surface area contributed by atoms with Gasteiger partial charge in [0.1, 0.15) is 0 Å². The van der Waals surface area contributed by atoms with Crippen molar-refractivity contribution in [3.05, 3.63) is 30.2 Å². The number of nitrogens with one attached hydrogen (secondary N) is 1. The molecule has 0 spiro atoms. The van der Waals surface area contributed by atoms with E-state index in [1.165, 1.54) is 6.20 Å². The first-order valence-corrected chi connectivity index (χ1v) is 4.76. The number of pyridine rings is 1. The zero-order valence-corrected chi connectivity index (χ0v) is 9.32. The molecule has 0 saturated carbocycles. The summed E-state index contributed by atoms with van der Waals surface area (Å²) in [4.78, 5) is 13.6. The fourth-order valence-corrected chi connectivity index (χ4v) is 1.66. The first-order valence-electron chi connectivity index (χ1n) is 2.88. The van der Waals surface area contributed by atoms with Gasteiger partial charge in [0.05, 0.1) is 13.7 Å². The molecule has 1 rings (SSSR count). The molecule has 0 atom stereocenters. The Morgan fingerprint density at radius 2 is 2.17 bits per heavy atom. The third-order valence-corrected chi connectivity index (χ3v) is 2.72. The zero-order valence-electron chi connectivity index (χ0n) is 5.57. The van der Waals surface area contributed by atoms with Gasteiger partial charge in [-0.1, -0.05) is 0 Å². The quantitative estimate of drug-likeness (QED) is 0.613. The van der Waals surface area contributed by atoms with E-state index in [1.807, 2.05) is 0 Å². The molecule has 0 unspecified atom stereocenters. The molecule has 66 valence electrons. The van der Waals surface area contributed by atoms with Crippen molar-refractivity contribution in [3.63, 3.8) is 0 Å². The van der Waals surface area contributed by atoms with Gasteiger partial charge in [-0.2, -0.15) is 0 Å². The van der Waals surface area contributed by atoms with E-state index in [1.54, 1.807) is 22.6 Å². The molecule has 12 heavy (non-hydrogen) atoms. The van der Waals surface area contributed by atoms with Gasteiger partial charge in [0.15, 0.2) is 0 Å². The fraction of sp³-hybridized carbons (Fsp3) is 0.167. The molecule has 1 N–H and O–H groups in total. The summed E-state index contributed by atoms with van der Waals surface area (Å²) >= 11 is 4.53. The molecule has 0 amide bonds. The molecule has 0 fully saturated rings. The molecule has 0 radical (unpaired) electrons. The maximum absolute atomic E-state index is 12.2. The van der Waals surface area contributed by atoms with Crippen LogP contribution < -0.4 is 5.43 Å². The van der Waals surface area contributed by atoms with Gasteiger partial charge in [0.2, 0.25) is 5.43 Å². The van der Waals surface area contributed by atoms with Gasteiger partial charge in [0.25, 0.3) is 6.43 Å². The molecule has 0 saturated heterocycles. The molecule has 1 aromatic rings. The molecular formula is C6H3BrF2INO. The number of rotatable bonds is 1. The Morgan fingerprint density at radius 3 is 2.58 bits per heavy atom. The standard InChI is InChI=1S/C6H3BrF2INO/c7-2-1-11-6(10)3(4(2)12)5(8)9/h1,5H,(H,11,12). The van der Waals surface area contributed by atoms with E-state index in [0.29, 0.717) is 0 Å². The lowest BCUT2D eigenvalue weighted by Gasteiger charge is -2.01. The second-order valence-electron chi connectivity index (χ2n) is 1.99. The number of alkyl halides is 2. The summed E-state index contributed by atoms with van der Waals surface area (Å²) in [6.45, 7) is 0. The van der Waals surface area contributed by atoms with Crippen molar-refractivity contribution in [2.24, 2.45) is 0 Å². The van der Waals surface area contributed by atoms with Gasteiger partial charge >= 0.3 is 0 Å². The molecule has 0 aliphatic heterocycles. The van der Waals surface area contributed by atoms with Gasteiger partial charge in [-0.25, -0.2) is 8.78 Å². The van der Waals surface area contributed by atoms with E-state index in [-0.39, 0.29) is 8.17 Å². The highest BCUT2D eigenvalue weighted by atomic mass is 127. The van der Waals surface area contributed by atoms with Crippen LogP contribution in [-0.4, -0.2) is 4.98 Å². The van der Waals surface area contributed by atoms with Gasteiger partial charge < -0.3 is 4.98 Å². The molecule has 1 aromatic heterocycles. The molecular weight excluding hydrogens is 347 g/mol. The number of aromatic amines is 1. The van der Waals surface area contributed by atoms with Crippen molar-refractivity contribution >= 4 is 38.5 Å². The predicted molar refractivity (Wildman–Crippen MR) is 52.4 cm³/mol. The minimum Gasteiger partial charge on any atom is -0.355 e. The maximum atomic E-state index is 12.2. The molecule has 0 bridgehead atoms. The van der Waals surface area contributed by atoms with Crippen molar-refractivity contribution < 1.29 is 8.78 Å². The number of hydrogen-bond acceptors (Lipinski definition) is 1. The van der Waals surface area contributed by atoms with Crippen LogP contribution in [-0.2, 0) is 0 Å². The Labute approximate surface area is 88.6 Å². The lowest BCUT2D eigenvalue weighted by atomic mass is 10.3. The van der Waals surface area contributed by atoms with Crippen LogP contribution in [0.25, 0.3) is 0 Å². The van der Waals surface area contributed by atoms with Crippen molar-refractivity contribution in [2.75, 3.05) is 0 Å². The van der Waals surface area contributed by atoms with Crippen LogP contribution in [0.5, 0.6) is 0 Å². The summed E-state index contributed by atoms with van der Waals surface area (Å²) in [5, 5.41) is 0. The van der Waals surface area contributed by atoms with E-state index in [4.69, 9.17) is 0 Å². The molecule has 6 heteroatoms. The minimum atomic E-state index is -2.74. The van der Waals surface area contributed by atoms with Crippen LogP contribution in [0.15, 0.2) is 15.5 Å². The second-order valence-corrected chi connectivity index (χ2v) is 3.93. The monoisotopic (exact) mass is 349 g/mol. The van der Waals surface area contributed by atoms with E-state index in [0.717, 1.165) is 0 Å². The summed E-state index contributed by atoms with van der Waals surface area (Å²) in [6, 6.07) is 0. The van der Waals surface area contributed by atoms with Gasteiger partial charge in [-0.15, -0.1) is 0 Å². The normalized spacial score (nSPS) is 10.8. The van der Waals surface area contributed by atoms with Crippen molar-refractivity contribution in [1.82, 2.24) is 4.98 Å². The number of hydrogen-bond donors (Lipinski definition) is 1. The molecule has 0 aromatic carbocycles. The fourth-order valence-electron chi connectivity index (χ4n) is 0.693. The van der Waals surface area contributed by atoms with Crippen molar-refractivity contribution in [2.45, 2.75) is 6.43 Å². The Morgan fingerprint density at radius 1 is 1.58 bits per heavy atom. The first kappa shape index (κ1) is 10.1.